The van der Waals surface area contributed by atoms with Crippen LogP contribution in [0.25, 0.3) is 11.3 Å². The minimum Gasteiger partial charge on any atom is -0.484 e. The summed E-state index contributed by atoms with van der Waals surface area (Å²) in [6.45, 7) is 2.12. The van der Waals surface area contributed by atoms with Gasteiger partial charge in [0.15, 0.2) is 6.61 Å². The molecule has 18 heteroatoms. The van der Waals surface area contributed by atoms with Crippen molar-refractivity contribution in [2.45, 2.75) is 114 Å². The topological polar surface area (TPSA) is 301 Å². The number of aromatic nitrogens is 1. The van der Waals surface area contributed by atoms with Gasteiger partial charge >= 0.3 is 0 Å². The van der Waals surface area contributed by atoms with Crippen LogP contribution < -0.4 is 59.6 Å². The smallest absolute Gasteiger partial charge is 0.257 e. The molecule has 1 aromatic carbocycles. The molecule has 1 heterocycles. The van der Waals surface area contributed by atoms with E-state index in [1.54, 1.807) is 6.20 Å². The van der Waals surface area contributed by atoms with Crippen LogP contribution >= 0.6 is 0 Å². The van der Waals surface area contributed by atoms with Crippen molar-refractivity contribution < 1.29 is 33.5 Å². The van der Waals surface area contributed by atoms with E-state index in [0.29, 0.717) is 83.4 Å². The molecule has 2 aromatic rings. The summed E-state index contributed by atoms with van der Waals surface area (Å²) >= 11 is 0. The predicted molar refractivity (Wildman–Crippen MR) is 235 cm³/mol. The number of nitrogens with one attached hydrogen (secondary N) is 6. The van der Waals surface area contributed by atoms with Crippen LogP contribution in [0.2, 0.25) is 0 Å². The Morgan fingerprint density at radius 3 is 1.69 bits per heavy atom. The lowest BCUT2D eigenvalue weighted by molar-refractivity contribution is -0.133. The second-order valence-corrected chi connectivity index (χ2v) is 15.0. The Labute approximate surface area is 360 Å². The molecule has 0 spiro atoms. The third-order valence-corrected chi connectivity index (χ3v) is 9.80. The van der Waals surface area contributed by atoms with Crippen molar-refractivity contribution in [1.82, 2.24) is 36.9 Å². The third-order valence-electron chi connectivity index (χ3n) is 9.80. The summed E-state index contributed by atoms with van der Waals surface area (Å²) in [7, 11) is 0. The molecule has 0 aliphatic carbocycles. The van der Waals surface area contributed by atoms with E-state index in [0.717, 1.165) is 49.8 Å². The molecule has 1 aromatic heterocycles. The highest BCUT2D eigenvalue weighted by Crippen LogP contribution is 2.20. The fourth-order valence-corrected chi connectivity index (χ4v) is 6.30. The normalized spacial score (nSPS) is 12.4. The van der Waals surface area contributed by atoms with Gasteiger partial charge in [0.2, 0.25) is 29.5 Å². The molecule has 0 fully saturated rings. The van der Waals surface area contributed by atoms with Gasteiger partial charge in [0.1, 0.15) is 23.9 Å². The second-order valence-electron chi connectivity index (χ2n) is 15.0. The summed E-state index contributed by atoms with van der Waals surface area (Å²) < 4.78 is 5.60. The number of amides is 6. The van der Waals surface area contributed by atoms with Crippen molar-refractivity contribution in [3.8, 4) is 17.0 Å². The van der Waals surface area contributed by atoms with Gasteiger partial charge in [-0.05, 0) is 133 Å². The number of unbranched alkanes of at least 4 members (excludes halogenated alkanes) is 8. The van der Waals surface area contributed by atoms with Gasteiger partial charge in [0.05, 0.1) is 18.8 Å². The number of nitrogens with two attached hydrogens (primary N) is 4. The number of primary amides is 1. The molecule has 61 heavy (non-hydrogen) atoms. The molecule has 14 N–H and O–H groups in total. The van der Waals surface area contributed by atoms with Gasteiger partial charge in [-0.3, -0.25) is 33.8 Å². The number of carbonyl (C=O) groups excluding carboxylic acids is 6. The lowest BCUT2D eigenvalue weighted by Gasteiger charge is -2.25. The summed E-state index contributed by atoms with van der Waals surface area (Å²) in [4.78, 5) is 80.5. The quantitative estimate of drug-likeness (QED) is 0.0427. The highest BCUT2D eigenvalue weighted by molar-refractivity contribution is 5.94. The van der Waals surface area contributed by atoms with Gasteiger partial charge in [-0.15, -0.1) is 0 Å². The van der Waals surface area contributed by atoms with Gasteiger partial charge in [-0.25, -0.2) is 0 Å². The molecule has 0 aliphatic rings. The minimum atomic E-state index is -0.990. The van der Waals surface area contributed by atoms with Crippen LogP contribution in [0.15, 0.2) is 48.7 Å². The Hall–Kier alpha value is -5.17. The van der Waals surface area contributed by atoms with Gasteiger partial charge < -0.3 is 59.6 Å². The molecule has 2 rings (SSSR count). The van der Waals surface area contributed by atoms with Crippen LogP contribution in [0.4, 0.5) is 0 Å². The Kier molecular flexibility index (Phi) is 27.8. The van der Waals surface area contributed by atoms with Crippen LogP contribution in [0, 0.1) is 0 Å². The molecule has 0 unspecified atom stereocenters. The van der Waals surface area contributed by atoms with Crippen molar-refractivity contribution in [3.63, 3.8) is 0 Å². The molecule has 0 aliphatic heterocycles. The van der Waals surface area contributed by atoms with E-state index in [4.69, 9.17) is 27.7 Å². The summed E-state index contributed by atoms with van der Waals surface area (Å²) in [6, 6.07) is 10.3. The number of pyridine rings is 1. The fraction of sp³-hybridized carbons (Fsp3) is 0.605. The molecule has 3 atom stereocenters. The van der Waals surface area contributed by atoms with Crippen LogP contribution in [0.3, 0.4) is 0 Å². The van der Waals surface area contributed by atoms with E-state index in [2.05, 4.69) is 36.9 Å². The van der Waals surface area contributed by atoms with Gasteiger partial charge in [0.25, 0.3) is 5.91 Å². The summed E-state index contributed by atoms with van der Waals surface area (Å²) in [5.41, 5.74) is 24.2. The van der Waals surface area contributed by atoms with E-state index >= 15 is 0 Å². The molecular weight excluding hydrogens is 783 g/mol. The Morgan fingerprint density at radius 2 is 1.11 bits per heavy atom. The zero-order valence-corrected chi connectivity index (χ0v) is 35.7. The predicted octanol–water partition coefficient (Wildman–Crippen LogP) is 0.617. The van der Waals surface area contributed by atoms with Crippen molar-refractivity contribution >= 4 is 35.4 Å². The van der Waals surface area contributed by atoms with E-state index in [1.807, 2.05) is 42.5 Å². The Morgan fingerprint density at radius 1 is 0.557 bits per heavy atom. The minimum absolute atomic E-state index is 0.0334. The van der Waals surface area contributed by atoms with Gasteiger partial charge in [-0.2, -0.15) is 0 Å². The maximum atomic E-state index is 13.4. The van der Waals surface area contributed by atoms with Crippen molar-refractivity contribution in [2.75, 3.05) is 52.4 Å². The molecular formula is C43H71N11O7. The van der Waals surface area contributed by atoms with E-state index in [9.17, 15) is 28.8 Å². The first-order chi connectivity index (χ1) is 29.6. The van der Waals surface area contributed by atoms with Gasteiger partial charge in [-0.1, -0.05) is 31.7 Å². The zero-order chi connectivity index (χ0) is 44.5. The highest BCUT2D eigenvalue weighted by Gasteiger charge is 2.29. The molecule has 6 amide bonds. The second kappa shape index (κ2) is 32.6. The zero-order valence-electron chi connectivity index (χ0n) is 35.7. The van der Waals surface area contributed by atoms with Crippen LogP contribution in [0.1, 0.15) is 96.3 Å². The SMILES string of the molecule is NCCCC[C@H](NC(=O)[C@H](CCCCN)NC(=O)[C@H](CCCCN)NC(=O)CNC(=O)CNCCCCCCCCNC(=O)COc1ccc(-c2ccccn2)cc1)C(N)=O. The number of benzene rings is 1. The summed E-state index contributed by atoms with van der Waals surface area (Å²) in [5.74, 6) is -2.29. The van der Waals surface area contributed by atoms with E-state index in [-0.39, 0.29) is 44.4 Å². The number of ether oxygens (including phenoxy) is 1. The molecule has 18 nitrogen and oxygen atoms in total. The van der Waals surface area contributed by atoms with E-state index < -0.39 is 41.8 Å². The standard InChI is InChI=1S/C43H71N11O7/c44-23-9-5-16-35(41(47)58)53-43(60)37(18-7-11-25-46)54-42(59)36(17-6-10-24-45)52-39(56)30-51-38(55)29-48-26-12-3-1-2-4-13-28-50-40(57)31-61-33-21-19-32(20-22-33)34-15-8-14-27-49-34/h8,14-15,19-22,27,35-37,48H,1-7,9-13,16-18,23-26,28-31,44-46H2,(H2,47,58)(H,50,57)(H,51,55)(H,52,56)(H,53,60)(H,54,59)/t35-,36-,37-/m0/s1. The first-order valence-electron chi connectivity index (χ1n) is 21.8. The number of carbonyl (C=O) groups is 6. The fourth-order valence-electron chi connectivity index (χ4n) is 6.30. The largest absolute Gasteiger partial charge is 0.484 e. The van der Waals surface area contributed by atoms with E-state index in [1.165, 1.54) is 0 Å². The Balaban J connectivity index is 1.62. The Bertz CT molecular complexity index is 1570. The monoisotopic (exact) mass is 854 g/mol. The number of nitrogens with zero attached hydrogens (tertiary/aromatic N) is 1. The average Bonchev–Trinajstić information content (AvgIpc) is 3.26. The van der Waals surface area contributed by atoms with Crippen LogP contribution in [-0.4, -0.2) is 111 Å². The van der Waals surface area contributed by atoms with Crippen molar-refractivity contribution in [1.29, 1.82) is 0 Å². The van der Waals surface area contributed by atoms with Crippen LogP contribution in [-0.2, 0) is 28.8 Å². The average molecular weight is 854 g/mol. The molecule has 0 saturated heterocycles. The first kappa shape index (κ1) is 52.0. The lowest BCUT2D eigenvalue weighted by atomic mass is 10.0. The summed E-state index contributed by atoms with van der Waals surface area (Å²) in [6.07, 6.45) is 11.9. The van der Waals surface area contributed by atoms with Crippen molar-refractivity contribution in [3.05, 3.63) is 48.7 Å². The number of hydrogen-bond donors (Lipinski definition) is 10. The van der Waals surface area contributed by atoms with Crippen LogP contribution in [0.5, 0.6) is 5.75 Å². The first-order valence-corrected chi connectivity index (χ1v) is 21.8. The number of hydrogen-bond acceptors (Lipinski definition) is 12. The van der Waals surface area contributed by atoms with Gasteiger partial charge in [0, 0.05) is 18.3 Å². The third kappa shape index (κ3) is 24.0. The highest BCUT2D eigenvalue weighted by atomic mass is 16.5. The summed E-state index contributed by atoms with van der Waals surface area (Å²) in [5, 5.41) is 16.6. The molecule has 0 saturated carbocycles. The number of rotatable bonds is 35. The molecule has 340 valence electrons. The molecule has 0 bridgehead atoms. The maximum Gasteiger partial charge on any atom is 0.257 e. The maximum absolute atomic E-state index is 13.4. The van der Waals surface area contributed by atoms with Crippen molar-refractivity contribution in [2.24, 2.45) is 22.9 Å². The molecule has 0 radical (unpaired) electrons. The lowest BCUT2D eigenvalue weighted by Crippen LogP contribution is -2.57.